The zero-order valence-corrected chi connectivity index (χ0v) is 14.5. The van der Waals surface area contributed by atoms with Gasteiger partial charge in [-0.1, -0.05) is 45.0 Å². The monoisotopic (exact) mass is 324 g/mol. The number of benzene rings is 1. The summed E-state index contributed by atoms with van der Waals surface area (Å²) < 4.78 is 0.698. The lowest BCUT2D eigenvalue weighted by atomic mass is 9.86. The lowest BCUT2D eigenvalue weighted by Gasteiger charge is -2.26. The molecule has 1 unspecified atom stereocenters. The quantitative estimate of drug-likeness (QED) is 0.626. The first-order chi connectivity index (χ1) is 11.4. The first-order valence-corrected chi connectivity index (χ1v) is 8.46. The van der Waals surface area contributed by atoms with Gasteiger partial charge in [-0.05, 0) is 29.4 Å². The molecule has 1 atom stereocenters. The molecule has 1 aliphatic rings. The van der Waals surface area contributed by atoms with Gasteiger partial charge in [-0.2, -0.15) is 4.73 Å². The van der Waals surface area contributed by atoms with Crippen LogP contribution in [-0.2, 0) is 5.41 Å². The van der Waals surface area contributed by atoms with E-state index in [4.69, 9.17) is 0 Å². The maximum Gasteiger partial charge on any atom is 0.254 e. The van der Waals surface area contributed by atoms with Crippen LogP contribution in [0.2, 0.25) is 0 Å². The fraction of sp³-hybridized carbons (Fsp3) is 0.400. The summed E-state index contributed by atoms with van der Waals surface area (Å²) in [5.74, 6) is -0.00185. The van der Waals surface area contributed by atoms with Crippen molar-refractivity contribution in [3.8, 4) is 0 Å². The molecule has 1 saturated heterocycles. The van der Waals surface area contributed by atoms with Crippen LogP contribution in [-0.4, -0.2) is 17.4 Å². The van der Waals surface area contributed by atoms with Gasteiger partial charge in [0.1, 0.15) is 0 Å². The highest BCUT2D eigenvalue weighted by Gasteiger charge is 2.31. The van der Waals surface area contributed by atoms with Crippen LogP contribution in [0.25, 0.3) is 0 Å². The predicted molar refractivity (Wildman–Crippen MR) is 93.6 cm³/mol. The number of carbonyl (C=O) groups is 1. The van der Waals surface area contributed by atoms with Crippen LogP contribution in [0.5, 0.6) is 0 Å². The van der Waals surface area contributed by atoms with Gasteiger partial charge in [-0.3, -0.25) is 4.79 Å². The number of nitrogens with zero attached hydrogens (tertiary/aromatic N) is 2. The minimum Gasteiger partial charge on any atom is -0.619 e. The Kier molecular flexibility index (Phi) is 4.31. The second-order valence-electron chi connectivity index (χ2n) is 7.48. The molecule has 4 heteroatoms. The average molecular weight is 324 g/mol. The Morgan fingerprint density at radius 2 is 1.75 bits per heavy atom. The second-order valence-corrected chi connectivity index (χ2v) is 7.48. The van der Waals surface area contributed by atoms with Gasteiger partial charge in [0.05, 0.1) is 11.6 Å². The highest BCUT2D eigenvalue weighted by atomic mass is 16.5. The van der Waals surface area contributed by atoms with Gasteiger partial charge in [0, 0.05) is 18.7 Å². The topological polar surface area (TPSA) is 47.2 Å². The largest absolute Gasteiger partial charge is 0.619 e. The first kappa shape index (κ1) is 16.5. The molecule has 0 bridgehead atoms. The minimum absolute atomic E-state index is 0.00185. The minimum atomic E-state index is -0.00185. The second kappa shape index (κ2) is 6.27. The van der Waals surface area contributed by atoms with Crippen molar-refractivity contribution in [3.05, 3.63) is 70.7 Å². The Hall–Kier alpha value is -2.36. The summed E-state index contributed by atoms with van der Waals surface area (Å²) in [4.78, 5) is 14.7. The van der Waals surface area contributed by atoms with E-state index < -0.39 is 0 Å². The molecule has 24 heavy (non-hydrogen) atoms. The fourth-order valence-corrected chi connectivity index (χ4v) is 3.28. The molecular weight excluding hydrogens is 300 g/mol. The van der Waals surface area contributed by atoms with Crippen molar-refractivity contribution in [1.29, 1.82) is 0 Å². The van der Waals surface area contributed by atoms with Gasteiger partial charge in [0.15, 0.2) is 12.4 Å². The SMILES string of the molecule is CC(C)(C)c1ccc(C2CCCN2C(=O)c2cc[n+]([O-])cc2)cc1. The number of hydrogen-bond donors (Lipinski definition) is 0. The summed E-state index contributed by atoms with van der Waals surface area (Å²) in [6.45, 7) is 7.36. The highest BCUT2D eigenvalue weighted by Crippen LogP contribution is 2.34. The van der Waals surface area contributed by atoms with Crippen molar-refractivity contribution >= 4 is 5.91 Å². The van der Waals surface area contributed by atoms with E-state index in [2.05, 4.69) is 45.0 Å². The molecule has 2 aromatic rings. The third-order valence-corrected chi connectivity index (χ3v) is 4.72. The molecule has 4 nitrogen and oxygen atoms in total. The van der Waals surface area contributed by atoms with Gasteiger partial charge in [0.25, 0.3) is 5.91 Å². The number of rotatable bonds is 2. The number of likely N-dealkylation sites (tertiary alicyclic amines) is 1. The van der Waals surface area contributed by atoms with Crippen LogP contribution in [0, 0.1) is 5.21 Å². The third-order valence-electron chi connectivity index (χ3n) is 4.72. The number of amides is 1. The Labute approximate surface area is 143 Å². The van der Waals surface area contributed by atoms with E-state index in [1.165, 1.54) is 23.5 Å². The summed E-state index contributed by atoms with van der Waals surface area (Å²) in [5.41, 5.74) is 3.18. The summed E-state index contributed by atoms with van der Waals surface area (Å²) in [6, 6.07) is 11.9. The summed E-state index contributed by atoms with van der Waals surface area (Å²) >= 11 is 0. The predicted octanol–water partition coefficient (Wildman–Crippen LogP) is 3.59. The van der Waals surface area contributed by atoms with Gasteiger partial charge >= 0.3 is 0 Å². The van der Waals surface area contributed by atoms with Gasteiger partial charge in [-0.25, -0.2) is 0 Å². The fourth-order valence-electron chi connectivity index (χ4n) is 3.28. The lowest BCUT2D eigenvalue weighted by Crippen LogP contribution is -2.32. The van der Waals surface area contributed by atoms with E-state index in [1.54, 1.807) is 12.1 Å². The summed E-state index contributed by atoms with van der Waals surface area (Å²) in [5, 5.41) is 11.2. The van der Waals surface area contributed by atoms with Crippen molar-refractivity contribution in [2.24, 2.45) is 0 Å². The Morgan fingerprint density at radius 1 is 1.12 bits per heavy atom. The summed E-state index contributed by atoms with van der Waals surface area (Å²) in [6.07, 6.45) is 4.73. The molecule has 3 rings (SSSR count). The van der Waals surface area contributed by atoms with Gasteiger partial charge in [0.2, 0.25) is 0 Å². The van der Waals surface area contributed by atoms with Crippen molar-refractivity contribution in [2.75, 3.05) is 6.54 Å². The van der Waals surface area contributed by atoms with Crippen molar-refractivity contribution in [1.82, 2.24) is 4.90 Å². The number of carbonyl (C=O) groups excluding carboxylic acids is 1. The molecule has 126 valence electrons. The Morgan fingerprint density at radius 3 is 2.33 bits per heavy atom. The van der Waals surface area contributed by atoms with E-state index in [1.807, 2.05) is 4.90 Å². The maximum absolute atomic E-state index is 12.8. The molecule has 1 aliphatic heterocycles. The van der Waals surface area contributed by atoms with Crippen LogP contribution in [0.1, 0.15) is 61.1 Å². The van der Waals surface area contributed by atoms with E-state index in [9.17, 15) is 10.0 Å². The van der Waals surface area contributed by atoms with E-state index in [0.29, 0.717) is 10.3 Å². The Bertz CT molecular complexity index is 715. The number of aromatic nitrogens is 1. The van der Waals surface area contributed by atoms with Crippen molar-refractivity contribution in [3.63, 3.8) is 0 Å². The standard InChI is InChI=1S/C20H24N2O2/c1-20(2,3)17-8-6-15(7-9-17)18-5-4-12-22(18)19(23)16-10-13-21(24)14-11-16/h6-11,13-14,18H,4-5,12H2,1-3H3. The zero-order chi connectivity index (χ0) is 17.3. The molecule has 1 aromatic carbocycles. The lowest BCUT2D eigenvalue weighted by molar-refractivity contribution is -0.605. The van der Waals surface area contributed by atoms with E-state index >= 15 is 0 Å². The smallest absolute Gasteiger partial charge is 0.254 e. The van der Waals surface area contributed by atoms with Crippen LogP contribution < -0.4 is 4.73 Å². The zero-order valence-electron chi connectivity index (χ0n) is 14.5. The molecule has 0 N–H and O–H groups in total. The Balaban J connectivity index is 1.82. The number of hydrogen-bond acceptors (Lipinski definition) is 2. The molecule has 2 heterocycles. The van der Waals surface area contributed by atoms with Crippen LogP contribution in [0.4, 0.5) is 0 Å². The van der Waals surface area contributed by atoms with Gasteiger partial charge < -0.3 is 10.1 Å². The number of pyridine rings is 1. The average Bonchev–Trinajstić information content (AvgIpc) is 3.04. The molecule has 1 fully saturated rings. The van der Waals surface area contributed by atoms with Crippen molar-refractivity contribution in [2.45, 2.75) is 45.1 Å². The third kappa shape index (κ3) is 3.28. The molecule has 0 saturated carbocycles. The maximum atomic E-state index is 12.8. The highest BCUT2D eigenvalue weighted by molar-refractivity contribution is 5.94. The normalized spacial score (nSPS) is 18.0. The van der Waals surface area contributed by atoms with E-state index in [0.717, 1.165) is 19.4 Å². The van der Waals surface area contributed by atoms with Crippen LogP contribution in [0.3, 0.4) is 0 Å². The van der Waals surface area contributed by atoms with Crippen molar-refractivity contribution < 1.29 is 9.52 Å². The molecule has 0 radical (unpaired) electrons. The van der Waals surface area contributed by atoms with Crippen LogP contribution in [0.15, 0.2) is 48.8 Å². The molecular formula is C20H24N2O2. The first-order valence-electron chi connectivity index (χ1n) is 8.46. The summed E-state index contributed by atoms with van der Waals surface area (Å²) in [7, 11) is 0. The molecule has 0 aliphatic carbocycles. The molecule has 1 aromatic heterocycles. The molecule has 0 spiro atoms. The van der Waals surface area contributed by atoms with Crippen LogP contribution >= 0.6 is 0 Å². The van der Waals surface area contributed by atoms with Gasteiger partial charge in [-0.15, -0.1) is 0 Å². The molecule has 1 amide bonds. The van der Waals surface area contributed by atoms with E-state index in [-0.39, 0.29) is 17.4 Å².